The number of rotatable bonds is 5. The Kier molecular flexibility index (Phi) is 3.76. The maximum Gasteiger partial charge on any atom is 0.208 e. The molecule has 0 spiro atoms. The van der Waals surface area contributed by atoms with Crippen LogP contribution in [0, 0.1) is 0 Å². The van der Waals surface area contributed by atoms with E-state index in [1.807, 2.05) is 6.92 Å². The van der Waals surface area contributed by atoms with E-state index in [1.54, 1.807) is 13.3 Å². The molecule has 0 aromatic carbocycles. The fraction of sp³-hybridized carbons (Fsp3) is 0.625. The molecule has 1 aromatic heterocycles. The van der Waals surface area contributed by atoms with Gasteiger partial charge in [-0.15, -0.1) is 0 Å². The van der Waals surface area contributed by atoms with Crippen LogP contribution in [0.25, 0.3) is 0 Å². The van der Waals surface area contributed by atoms with E-state index in [2.05, 4.69) is 10.3 Å². The fourth-order valence-electron chi connectivity index (χ4n) is 0.871. The zero-order valence-electron chi connectivity index (χ0n) is 7.46. The van der Waals surface area contributed by atoms with Gasteiger partial charge in [-0.3, -0.25) is 0 Å². The molecule has 4 heteroatoms. The van der Waals surface area contributed by atoms with Crippen LogP contribution in [0.1, 0.15) is 18.6 Å². The van der Waals surface area contributed by atoms with Crippen molar-refractivity contribution in [3.63, 3.8) is 0 Å². The van der Waals surface area contributed by atoms with Gasteiger partial charge < -0.3 is 14.5 Å². The van der Waals surface area contributed by atoms with Crippen molar-refractivity contribution in [1.29, 1.82) is 0 Å². The van der Waals surface area contributed by atoms with E-state index in [1.165, 1.54) is 0 Å². The van der Waals surface area contributed by atoms with E-state index < -0.39 is 0 Å². The summed E-state index contributed by atoms with van der Waals surface area (Å²) in [7, 11) is 1.63. The Morgan fingerprint density at radius 2 is 2.50 bits per heavy atom. The molecule has 12 heavy (non-hydrogen) atoms. The molecule has 0 unspecified atom stereocenters. The molecule has 0 bridgehead atoms. The third kappa shape index (κ3) is 2.64. The molecule has 1 heterocycles. The summed E-state index contributed by atoms with van der Waals surface area (Å²) in [5.74, 6) is 1.48. The summed E-state index contributed by atoms with van der Waals surface area (Å²) in [6.07, 6.45) is 1.69. The van der Waals surface area contributed by atoms with Gasteiger partial charge in [0.1, 0.15) is 12.4 Å². The van der Waals surface area contributed by atoms with Gasteiger partial charge in [0.2, 0.25) is 5.89 Å². The standard InChI is InChI=1S/C8H14N2O2/c1-3-9-5-8-10-4-7(12-8)6-11-2/h4,9H,3,5-6H2,1-2H3. The fourth-order valence-corrected chi connectivity index (χ4v) is 0.871. The van der Waals surface area contributed by atoms with Crippen molar-refractivity contribution in [2.24, 2.45) is 0 Å². The van der Waals surface area contributed by atoms with Crippen molar-refractivity contribution >= 4 is 0 Å². The van der Waals surface area contributed by atoms with E-state index in [4.69, 9.17) is 9.15 Å². The minimum absolute atomic E-state index is 0.485. The van der Waals surface area contributed by atoms with Gasteiger partial charge >= 0.3 is 0 Å². The first-order chi connectivity index (χ1) is 5.86. The maximum absolute atomic E-state index is 5.33. The first-order valence-corrected chi connectivity index (χ1v) is 4.00. The zero-order valence-corrected chi connectivity index (χ0v) is 7.46. The van der Waals surface area contributed by atoms with Crippen molar-refractivity contribution in [1.82, 2.24) is 10.3 Å². The second kappa shape index (κ2) is 4.90. The van der Waals surface area contributed by atoms with Crippen LogP contribution in [-0.4, -0.2) is 18.6 Å². The minimum Gasteiger partial charge on any atom is -0.442 e. The molecule has 4 nitrogen and oxygen atoms in total. The molecule has 0 radical (unpaired) electrons. The average molecular weight is 170 g/mol. The van der Waals surface area contributed by atoms with Crippen LogP contribution in [0.4, 0.5) is 0 Å². The lowest BCUT2D eigenvalue weighted by atomic mass is 10.6. The molecule has 0 saturated heterocycles. The van der Waals surface area contributed by atoms with E-state index in [9.17, 15) is 0 Å². The Morgan fingerprint density at radius 1 is 1.67 bits per heavy atom. The number of aromatic nitrogens is 1. The van der Waals surface area contributed by atoms with Gasteiger partial charge in [-0.1, -0.05) is 6.92 Å². The molecule has 0 fully saturated rings. The van der Waals surface area contributed by atoms with E-state index in [0.29, 0.717) is 19.0 Å². The van der Waals surface area contributed by atoms with Crippen molar-refractivity contribution < 1.29 is 9.15 Å². The lowest BCUT2D eigenvalue weighted by molar-refractivity contribution is 0.162. The number of oxazole rings is 1. The lowest BCUT2D eigenvalue weighted by Crippen LogP contribution is -2.11. The SMILES string of the molecule is CCNCc1ncc(COC)o1. The normalized spacial score (nSPS) is 10.5. The molecular formula is C8H14N2O2. The predicted molar refractivity (Wildman–Crippen MR) is 44.6 cm³/mol. The number of ether oxygens (including phenoxy) is 1. The second-order valence-electron chi connectivity index (χ2n) is 2.43. The molecule has 0 aliphatic heterocycles. The largest absolute Gasteiger partial charge is 0.442 e. The van der Waals surface area contributed by atoms with Gasteiger partial charge in [-0.25, -0.2) is 4.98 Å². The van der Waals surface area contributed by atoms with Gasteiger partial charge in [0.15, 0.2) is 0 Å². The van der Waals surface area contributed by atoms with Gasteiger partial charge in [0.05, 0.1) is 12.7 Å². The topological polar surface area (TPSA) is 47.3 Å². The summed E-state index contributed by atoms with van der Waals surface area (Å²) in [5.41, 5.74) is 0. The molecule has 0 aliphatic rings. The van der Waals surface area contributed by atoms with Gasteiger partial charge in [-0.05, 0) is 6.54 Å². The van der Waals surface area contributed by atoms with Crippen molar-refractivity contribution in [2.45, 2.75) is 20.1 Å². The monoisotopic (exact) mass is 170 g/mol. The molecule has 1 rings (SSSR count). The number of hydrogen-bond acceptors (Lipinski definition) is 4. The number of nitrogens with zero attached hydrogens (tertiary/aromatic N) is 1. The molecule has 1 aromatic rings. The molecule has 0 aliphatic carbocycles. The van der Waals surface area contributed by atoms with Crippen LogP contribution in [0.3, 0.4) is 0 Å². The predicted octanol–water partition coefficient (Wildman–Crippen LogP) is 0.931. The third-order valence-corrected chi connectivity index (χ3v) is 1.41. The maximum atomic E-state index is 5.33. The number of methoxy groups -OCH3 is 1. The van der Waals surface area contributed by atoms with Crippen LogP contribution in [0.2, 0.25) is 0 Å². The van der Waals surface area contributed by atoms with Crippen molar-refractivity contribution in [3.05, 3.63) is 17.8 Å². The lowest BCUT2D eigenvalue weighted by Gasteiger charge is -1.95. The highest BCUT2D eigenvalue weighted by atomic mass is 16.5. The first-order valence-electron chi connectivity index (χ1n) is 4.00. The van der Waals surface area contributed by atoms with Crippen LogP contribution in [0.15, 0.2) is 10.6 Å². The van der Waals surface area contributed by atoms with Crippen LogP contribution in [0.5, 0.6) is 0 Å². The number of nitrogens with one attached hydrogen (secondary N) is 1. The van der Waals surface area contributed by atoms with Crippen LogP contribution in [-0.2, 0) is 17.9 Å². The number of hydrogen-bond donors (Lipinski definition) is 1. The Morgan fingerprint density at radius 3 is 3.17 bits per heavy atom. The highest BCUT2D eigenvalue weighted by Crippen LogP contribution is 2.03. The Bertz CT molecular complexity index is 223. The molecule has 0 amide bonds. The molecule has 68 valence electrons. The van der Waals surface area contributed by atoms with Gasteiger partial charge in [0.25, 0.3) is 0 Å². The van der Waals surface area contributed by atoms with Gasteiger partial charge in [0, 0.05) is 7.11 Å². The third-order valence-electron chi connectivity index (χ3n) is 1.41. The van der Waals surface area contributed by atoms with E-state index in [0.717, 1.165) is 12.3 Å². The average Bonchev–Trinajstić information content (AvgIpc) is 2.50. The first kappa shape index (κ1) is 9.22. The molecule has 0 atom stereocenters. The van der Waals surface area contributed by atoms with Crippen molar-refractivity contribution in [3.8, 4) is 0 Å². The summed E-state index contributed by atoms with van der Waals surface area (Å²) in [5, 5.41) is 3.12. The Hall–Kier alpha value is -0.870. The van der Waals surface area contributed by atoms with E-state index in [-0.39, 0.29) is 0 Å². The Labute approximate surface area is 71.9 Å². The Balaban J connectivity index is 2.41. The summed E-state index contributed by atoms with van der Waals surface area (Å²) in [6, 6.07) is 0. The highest BCUT2D eigenvalue weighted by molar-refractivity contribution is 4.92. The van der Waals surface area contributed by atoms with E-state index >= 15 is 0 Å². The second-order valence-corrected chi connectivity index (χ2v) is 2.43. The molecular weight excluding hydrogens is 156 g/mol. The minimum atomic E-state index is 0.485. The quantitative estimate of drug-likeness (QED) is 0.714. The van der Waals surface area contributed by atoms with Crippen LogP contribution >= 0.6 is 0 Å². The summed E-state index contributed by atoms with van der Waals surface area (Å²) in [6.45, 7) is 4.13. The zero-order chi connectivity index (χ0) is 8.81. The smallest absolute Gasteiger partial charge is 0.208 e. The highest BCUT2D eigenvalue weighted by Gasteiger charge is 2.01. The molecule has 0 saturated carbocycles. The van der Waals surface area contributed by atoms with Crippen LogP contribution < -0.4 is 5.32 Å². The summed E-state index contributed by atoms with van der Waals surface area (Å²) < 4.78 is 10.2. The van der Waals surface area contributed by atoms with Gasteiger partial charge in [-0.2, -0.15) is 0 Å². The van der Waals surface area contributed by atoms with Crippen molar-refractivity contribution in [2.75, 3.05) is 13.7 Å². The molecule has 1 N–H and O–H groups in total. The summed E-state index contributed by atoms with van der Waals surface area (Å²) in [4.78, 5) is 4.06. The summed E-state index contributed by atoms with van der Waals surface area (Å²) >= 11 is 0.